The van der Waals surface area contributed by atoms with E-state index in [2.05, 4.69) is 43.2 Å². The van der Waals surface area contributed by atoms with Crippen molar-refractivity contribution in [3.63, 3.8) is 0 Å². The Morgan fingerprint density at radius 1 is 1.03 bits per heavy atom. The number of nitrogens with zero attached hydrogens (tertiary/aromatic N) is 2. The molecule has 37 heavy (non-hydrogen) atoms. The third kappa shape index (κ3) is 6.71. The van der Waals surface area contributed by atoms with E-state index in [1.165, 1.54) is 0 Å². The summed E-state index contributed by atoms with van der Waals surface area (Å²) in [4.78, 5) is 17.7. The lowest BCUT2D eigenvalue weighted by Crippen LogP contribution is -2.43. The number of ether oxygens (including phenoxy) is 3. The number of rotatable bonds is 13. The van der Waals surface area contributed by atoms with Gasteiger partial charge in [-0.3, -0.25) is 4.79 Å². The first-order valence-electron chi connectivity index (χ1n) is 12.9. The van der Waals surface area contributed by atoms with Crippen LogP contribution in [0, 0.1) is 11.8 Å². The summed E-state index contributed by atoms with van der Waals surface area (Å²) in [5.74, 6) is 2.52. The molecule has 9 heteroatoms. The number of carbonyl (C=O) groups excluding carboxylic acids is 1. The number of methoxy groups -OCH3 is 3. The number of anilines is 3. The Kier molecular flexibility index (Phi) is 9.74. The highest BCUT2D eigenvalue weighted by Gasteiger charge is 2.30. The van der Waals surface area contributed by atoms with E-state index in [9.17, 15) is 4.79 Å². The molecule has 0 saturated heterocycles. The number of benzene rings is 2. The number of fused-ring (bicyclic) bond motifs is 1. The zero-order valence-corrected chi connectivity index (χ0v) is 23.3. The zero-order valence-electron chi connectivity index (χ0n) is 23.3. The molecule has 2 aromatic carbocycles. The van der Waals surface area contributed by atoms with Gasteiger partial charge in [-0.1, -0.05) is 27.7 Å². The molecule has 0 saturated carbocycles. The van der Waals surface area contributed by atoms with E-state index in [1.54, 1.807) is 21.3 Å². The van der Waals surface area contributed by atoms with Gasteiger partial charge in [0.05, 0.1) is 32.7 Å². The molecule has 204 valence electrons. The van der Waals surface area contributed by atoms with Gasteiger partial charge in [0.2, 0.25) is 5.75 Å². The van der Waals surface area contributed by atoms with E-state index >= 15 is 0 Å². The van der Waals surface area contributed by atoms with Crippen LogP contribution < -0.4 is 35.5 Å². The molecule has 1 aliphatic rings. The number of nitrogens with two attached hydrogens (primary N) is 1. The Balaban J connectivity index is 1.91. The van der Waals surface area contributed by atoms with Gasteiger partial charge in [-0.25, -0.2) is 0 Å². The molecule has 0 spiro atoms. The summed E-state index contributed by atoms with van der Waals surface area (Å²) >= 11 is 0. The van der Waals surface area contributed by atoms with Crippen molar-refractivity contribution in [2.24, 2.45) is 17.6 Å². The van der Waals surface area contributed by atoms with Crippen LogP contribution in [0.25, 0.3) is 0 Å². The highest BCUT2D eigenvalue weighted by Crippen LogP contribution is 2.41. The number of nitrogens with one attached hydrogen (secondary N) is 2. The minimum Gasteiger partial charge on any atom is -0.493 e. The highest BCUT2D eigenvalue weighted by atomic mass is 16.5. The quantitative estimate of drug-likeness (QED) is 0.361. The van der Waals surface area contributed by atoms with Gasteiger partial charge < -0.3 is 40.4 Å². The fraction of sp³-hybridized carbons (Fsp3) is 0.536. The molecule has 1 unspecified atom stereocenters. The Labute approximate surface area is 221 Å². The minimum absolute atomic E-state index is 0.0602. The standard InChI is InChI=1S/C28H43N5O4/c1-18(2)16-32(17-19(3)4)27(34)20-9-10-22-23(13-20)33(12-8-11-29)28(31-22)30-21-14-24(35-5)26(37-7)25(15-21)36-6/h9-10,13-15,18-19,28,30-31H,8,11-12,16-17,29H2,1-7H3. The Hall–Kier alpha value is -3.33. The summed E-state index contributed by atoms with van der Waals surface area (Å²) in [5.41, 5.74) is 9.28. The van der Waals surface area contributed by atoms with Crippen molar-refractivity contribution in [1.29, 1.82) is 0 Å². The summed E-state index contributed by atoms with van der Waals surface area (Å²) in [6, 6.07) is 9.63. The second-order valence-corrected chi connectivity index (χ2v) is 10.2. The molecular formula is C28H43N5O4. The third-order valence-electron chi connectivity index (χ3n) is 6.19. The lowest BCUT2D eigenvalue weighted by Gasteiger charge is -2.29. The van der Waals surface area contributed by atoms with E-state index in [0.717, 1.165) is 43.1 Å². The fourth-order valence-electron chi connectivity index (χ4n) is 4.64. The lowest BCUT2D eigenvalue weighted by atomic mass is 10.1. The monoisotopic (exact) mass is 513 g/mol. The van der Waals surface area contributed by atoms with Crippen molar-refractivity contribution in [1.82, 2.24) is 4.90 Å². The van der Waals surface area contributed by atoms with Gasteiger partial charge in [0.25, 0.3) is 5.91 Å². The highest BCUT2D eigenvalue weighted by molar-refractivity contribution is 5.97. The van der Waals surface area contributed by atoms with E-state index in [-0.39, 0.29) is 12.2 Å². The van der Waals surface area contributed by atoms with Crippen LogP contribution in [-0.4, -0.2) is 64.6 Å². The molecule has 0 bridgehead atoms. The minimum atomic E-state index is -0.253. The Morgan fingerprint density at radius 2 is 1.65 bits per heavy atom. The van der Waals surface area contributed by atoms with Gasteiger partial charge >= 0.3 is 0 Å². The average Bonchev–Trinajstić information content (AvgIpc) is 3.21. The third-order valence-corrected chi connectivity index (χ3v) is 6.19. The number of hydrogen-bond acceptors (Lipinski definition) is 8. The second-order valence-electron chi connectivity index (χ2n) is 10.2. The summed E-state index contributed by atoms with van der Waals surface area (Å²) in [6.45, 7) is 11.3. The topological polar surface area (TPSA) is 101 Å². The second kappa shape index (κ2) is 12.8. The molecule has 0 aromatic heterocycles. The lowest BCUT2D eigenvalue weighted by molar-refractivity contribution is 0.0715. The van der Waals surface area contributed by atoms with Gasteiger partial charge in [-0.2, -0.15) is 0 Å². The van der Waals surface area contributed by atoms with Crippen LogP contribution in [0.5, 0.6) is 17.2 Å². The Morgan fingerprint density at radius 3 is 2.16 bits per heavy atom. The maximum Gasteiger partial charge on any atom is 0.253 e. The van der Waals surface area contributed by atoms with Crippen LogP contribution in [0.2, 0.25) is 0 Å². The van der Waals surface area contributed by atoms with Crippen molar-refractivity contribution >= 4 is 23.0 Å². The predicted octanol–water partition coefficient (Wildman–Crippen LogP) is 4.44. The van der Waals surface area contributed by atoms with Gasteiger partial charge in [0.15, 0.2) is 17.8 Å². The molecular weight excluding hydrogens is 470 g/mol. The molecule has 3 rings (SSSR count). The Bertz CT molecular complexity index is 1020. The van der Waals surface area contributed by atoms with Crippen molar-refractivity contribution in [2.75, 3.05) is 63.0 Å². The molecule has 1 heterocycles. The number of amides is 1. The zero-order chi connectivity index (χ0) is 27.1. The van der Waals surface area contributed by atoms with Gasteiger partial charge in [-0.15, -0.1) is 0 Å². The number of carbonyl (C=O) groups is 1. The normalized spacial score (nSPS) is 14.4. The van der Waals surface area contributed by atoms with Crippen molar-refractivity contribution in [3.05, 3.63) is 35.9 Å². The van der Waals surface area contributed by atoms with E-state index in [0.29, 0.717) is 41.2 Å². The average molecular weight is 514 g/mol. The molecule has 1 aliphatic heterocycles. The smallest absolute Gasteiger partial charge is 0.253 e. The van der Waals surface area contributed by atoms with Crippen LogP contribution in [-0.2, 0) is 0 Å². The first-order chi connectivity index (χ1) is 17.7. The first-order valence-corrected chi connectivity index (χ1v) is 12.9. The SMILES string of the molecule is COc1cc(NC2Nc3ccc(C(=O)N(CC(C)C)CC(C)C)cc3N2CCCN)cc(OC)c1OC. The maximum atomic E-state index is 13.5. The number of hydrogen-bond donors (Lipinski definition) is 3. The molecule has 4 N–H and O–H groups in total. The van der Waals surface area contributed by atoms with Crippen LogP contribution in [0.1, 0.15) is 44.5 Å². The van der Waals surface area contributed by atoms with Crippen LogP contribution in [0.4, 0.5) is 17.1 Å². The molecule has 0 aliphatic carbocycles. The molecule has 1 amide bonds. The molecule has 9 nitrogen and oxygen atoms in total. The van der Waals surface area contributed by atoms with Crippen LogP contribution in [0.3, 0.4) is 0 Å². The van der Waals surface area contributed by atoms with Crippen LogP contribution >= 0.6 is 0 Å². The summed E-state index contributed by atoms with van der Waals surface area (Å²) < 4.78 is 16.5. The largest absolute Gasteiger partial charge is 0.493 e. The maximum absolute atomic E-state index is 13.5. The van der Waals surface area contributed by atoms with Crippen molar-refractivity contribution in [2.45, 2.75) is 40.4 Å². The molecule has 1 atom stereocenters. The van der Waals surface area contributed by atoms with Gasteiger partial charge in [0, 0.05) is 43.0 Å². The molecule has 0 fully saturated rings. The summed E-state index contributed by atoms with van der Waals surface area (Å²) in [6.07, 6.45) is 0.552. The van der Waals surface area contributed by atoms with E-state index < -0.39 is 0 Å². The van der Waals surface area contributed by atoms with E-state index in [1.807, 2.05) is 35.2 Å². The predicted molar refractivity (Wildman–Crippen MR) is 150 cm³/mol. The van der Waals surface area contributed by atoms with E-state index in [4.69, 9.17) is 19.9 Å². The van der Waals surface area contributed by atoms with Crippen molar-refractivity contribution in [3.8, 4) is 17.2 Å². The van der Waals surface area contributed by atoms with Gasteiger partial charge in [0.1, 0.15) is 0 Å². The summed E-state index contributed by atoms with van der Waals surface area (Å²) in [5, 5.41) is 7.08. The van der Waals surface area contributed by atoms with Gasteiger partial charge in [-0.05, 0) is 43.0 Å². The molecule has 2 aromatic rings. The molecule has 0 radical (unpaired) electrons. The van der Waals surface area contributed by atoms with Crippen LogP contribution in [0.15, 0.2) is 30.3 Å². The first kappa shape index (κ1) is 28.2. The van der Waals surface area contributed by atoms with Crippen molar-refractivity contribution < 1.29 is 19.0 Å². The summed E-state index contributed by atoms with van der Waals surface area (Å²) in [7, 11) is 4.77. The fourth-order valence-corrected chi connectivity index (χ4v) is 4.64.